The number of pyridine rings is 1. The van der Waals surface area contributed by atoms with Crippen LogP contribution in [0.4, 0.5) is 0 Å². The molecule has 3 aliphatic rings. The highest BCUT2D eigenvalue weighted by atomic mass is 35.5. The van der Waals surface area contributed by atoms with E-state index in [0.717, 1.165) is 61.4 Å². The Hall–Kier alpha value is -2.97. The van der Waals surface area contributed by atoms with Gasteiger partial charge < -0.3 is 14.8 Å². The van der Waals surface area contributed by atoms with E-state index >= 15 is 0 Å². The predicted octanol–water partition coefficient (Wildman–Crippen LogP) is 4.43. The number of amides is 1. The molecule has 37 heavy (non-hydrogen) atoms. The van der Waals surface area contributed by atoms with Crippen molar-refractivity contribution in [3.05, 3.63) is 64.8 Å². The van der Waals surface area contributed by atoms with Gasteiger partial charge in [0.1, 0.15) is 17.8 Å². The molecule has 2 fully saturated rings. The van der Waals surface area contributed by atoms with Crippen LogP contribution in [0.3, 0.4) is 0 Å². The summed E-state index contributed by atoms with van der Waals surface area (Å²) in [5.41, 5.74) is 2.17. The molecule has 2 aromatic heterocycles. The predicted molar refractivity (Wildman–Crippen MR) is 139 cm³/mol. The lowest BCUT2D eigenvalue weighted by atomic mass is 9.86. The van der Waals surface area contributed by atoms with Gasteiger partial charge in [0.2, 0.25) is 11.8 Å². The molecule has 194 valence electrons. The quantitative estimate of drug-likeness (QED) is 0.534. The van der Waals surface area contributed by atoms with Gasteiger partial charge in [-0.1, -0.05) is 17.7 Å². The number of halogens is 1. The van der Waals surface area contributed by atoms with Gasteiger partial charge in [-0.15, -0.1) is 10.2 Å². The first-order valence-corrected chi connectivity index (χ1v) is 13.7. The van der Waals surface area contributed by atoms with Gasteiger partial charge in [-0.3, -0.25) is 9.36 Å². The van der Waals surface area contributed by atoms with Crippen LogP contribution in [0.2, 0.25) is 5.02 Å². The van der Waals surface area contributed by atoms with Crippen LogP contribution in [-0.4, -0.2) is 51.0 Å². The number of ether oxygens (including phenoxy) is 2. The third-order valence-corrected chi connectivity index (χ3v) is 8.07. The molecular formula is C28H32ClN5O3. The molecular weight excluding hydrogens is 490 g/mol. The van der Waals surface area contributed by atoms with E-state index in [1.807, 2.05) is 30.3 Å². The zero-order valence-corrected chi connectivity index (χ0v) is 21.6. The Bertz CT molecular complexity index is 1240. The number of carbonyl (C=O) groups is 1. The summed E-state index contributed by atoms with van der Waals surface area (Å²) in [6.07, 6.45) is 8.64. The second-order valence-electron chi connectivity index (χ2n) is 10.3. The average Bonchev–Trinajstić information content (AvgIpc) is 3.26. The monoisotopic (exact) mass is 521 g/mol. The second kappa shape index (κ2) is 10.8. The third kappa shape index (κ3) is 5.36. The Morgan fingerprint density at radius 3 is 2.65 bits per heavy atom. The van der Waals surface area contributed by atoms with Gasteiger partial charge in [0.15, 0.2) is 0 Å². The summed E-state index contributed by atoms with van der Waals surface area (Å²) in [5, 5.41) is 13.3. The number of hydrogen-bond donors (Lipinski definition) is 1. The van der Waals surface area contributed by atoms with E-state index in [9.17, 15) is 4.79 Å². The fraction of sp³-hybridized carbons (Fsp3) is 0.500. The summed E-state index contributed by atoms with van der Waals surface area (Å²) in [5.74, 6) is 2.97. The van der Waals surface area contributed by atoms with Crippen LogP contribution in [-0.2, 0) is 22.4 Å². The van der Waals surface area contributed by atoms with Crippen LogP contribution >= 0.6 is 11.6 Å². The van der Waals surface area contributed by atoms with Gasteiger partial charge in [-0.25, -0.2) is 4.98 Å². The van der Waals surface area contributed by atoms with Gasteiger partial charge in [-0.2, -0.15) is 0 Å². The fourth-order valence-corrected chi connectivity index (χ4v) is 6.09. The van der Waals surface area contributed by atoms with Crippen LogP contribution in [0.15, 0.2) is 42.6 Å². The Morgan fingerprint density at radius 2 is 1.86 bits per heavy atom. The molecule has 0 unspecified atom stereocenters. The number of hydrogen-bond acceptors (Lipinski definition) is 6. The molecule has 0 bridgehead atoms. The van der Waals surface area contributed by atoms with E-state index in [-0.39, 0.29) is 24.0 Å². The number of rotatable bonds is 5. The molecule has 4 heterocycles. The molecule has 1 saturated carbocycles. The summed E-state index contributed by atoms with van der Waals surface area (Å²) < 4.78 is 13.8. The summed E-state index contributed by atoms with van der Waals surface area (Å²) >= 11 is 6.42. The van der Waals surface area contributed by atoms with Gasteiger partial charge >= 0.3 is 0 Å². The van der Waals surface area contributed by atoms with E-state index in [2.05, 4.69) is 26.0 Å². The van der Waals surface area contributed by atoms with Crippen LogP contribution in [0.1, 0.15) is 61.7 Å². The molecule has 8 nitrogen and oxygen atoms in total. The highest BCUT2D eigenvalue weighted by Crippen LogP contribution is 2.37. The second-order valence-corrected chi connectivity index (χ2v) is 10.8. The highest BCUT2D eigenvalue weighted by molar-refractivity contribution is 6.30. The molecule has 1 aliphatic carbocycles. The summed E-state index contributed by atoms with van der Waals surface area (Å²) in [4.78, 5) is 17.3. The standard InChI is InChI=1S/C28H32ClN5O3/c29-21-6-9-24-20(15-21)16-22(31-28(35)19-10-13-36-14-11-19)17-25-32-33-27(34(24)25)18-4-7-23(8-5-18)37-26-3-1-2-12-30-26/h1-3,6,9,12,15,18-19,22-23H,4-5,7-8,10-11,13-14,16-17H2,(H,31,35)/t18?,22-,23?/m0/s1. The largest absolute Gasteiger partial charge is 0.474 e. The SMILES string of the molecule is O=C(N[C@H]1Cc2cc(Cl)ccc2-n2c(nnc2C2CCC(Oc3ccccn3)CC2)C1)C1CCOCC1. The zero-order valence-electron chi connectivity index (χ0n) is 20.8. The summed E-state index contributed by atoms with van der Waals surface area (Å²) in [6.45, 7) is 1.29. The smallest absolute Gasteiger partial charge is 0.223 e. The lowest BCUT2D eigenvalue weighted by Crippen LogP contribution is -2.42. The summed E-state index contributed by atoms with van der Waals surface area (Å²) in [7, 11) is 0. The maximum atomic E-state index is 13.0. The van der Waals surface area contributed by atoms with Crippen molar-refractivity contribution in [2.45, 2.75) is 69.4 Å². The van der Waals surface area contributed by atoms with Gasteiger partial charge in [0.05, 0.1) is 5.69 Å². The lowest BCUT2D eigenvalue weighted by Gasteiger charge is -2.28. The molecule has 6 rings (SSSR count). The van der Waals surface area contributed by atoms with Crippen LogP contribution in [0, 0.1) is 5.92 Å². The maximum absolute atomic E-state index is 13.0. The average molecular weight is 522 g/mol. The minimum atomic E-state index is -0.0617. The van der Waals surface area contributed by atoms with Crippen LogP contribution < -0.4 is 10.1 Å². The fourth-order valence-electron chi connectivity index (χ4n) is 5.89. The van der Waals surface area contributed by atoms with Crippen molar-refractivity contribution < 1.29 is 14.3 Å². The van der Waals surface area contributed by atoms with E-state index in [4.69, 9.17) is 26.2 Å². The van der Waals surface area contributed by atoms with Crippen molar-refractivity contribution >= 4 is 17.5 Å². The maximum Gasteiger partial charge on any atom is 0.223 e. The van der Waals surface area contributed by atoms with Gasteiger partial charge in [0, 0.05) is 54.8 Å². The Labute approximate surface area is 221 Å². The number of benzene rings is 1. The molecule has 2 aliphatic heterocycles. The van der Waals surface area contributed by atoms with Gasteiger partial charge in [0.25, 0.3) is 0 Å². The van der Waals surface area contributed by atoms with Crippen molar-refractivity contribution in [3.63, 3.8) is 0 Å². The first kappa shape index (κ1) is 24.4. The Kier molecular flexibility index (Phi) is 7.11. The normalized spacial score (nSPS) is 24.0. The number of carbonyl (C=O) groups excluding carboxylic acids is 1. The zero-order chi connectivity index (χ0) is 25.2. The van der Waals surface area contributed by atoms with Crippen LogP contribution in [0.5, 0.6) is 5.88 Å². The van der Waals surface area contributed by atoms with E-state index in [0.29, 0.717) is 42.9 Å². The van der Waals surface area contributed by atoms with E-state index in [1.165, 1.54) is 0 Å². The Balaban J connectivity index is 1.21. The van der Waals surface area contributed by atoms with Crippen LogP contribution in [0.25, 0.3) is 5.69 Å². The first-order chi connectivity index (χ1) is 18.1. The van der Waals surface area contributed by atoms with Crippen molar-refractivity contribution in [2.75, 3.05) is 13.2 Å². The van der Waals surface area contributed by atoms with Crippen molar-refractivity contribution in [2.24, 2.45) is 5.92 Å². The topological polar surface area (TPSA) is 91.2 Å². The molecule has 1 N–H and O–H groups in total. The number of fused-ring (bicyclic) bond motifs is 3. The molecule has 0 radical (unpaired) electrons. The first-order valence-electron chi connectivity index (χ1n) is 13.3. The molecule has 1 saturated heterocycles. The minimum absolute atomic E-state index is 0.00718. The van der Waals surface area contributed by atoms with Gasteiger partial charge in [-0.05, 0) is 74.8 Å². The Morgan fingerprint density at radius 1 is 1.03 bits per heavy atom. The van der Waals surface area contributed by atoms with E-state index < -0.39 is 0 Å². The van der Waals surface area contributed by atoms with Crippen molar-refractivity contribution in [1.29, 1.82) is 0 Å². The molecule has 1 aromatic carbocycles. The number of nitrogens with zero attached hydrogens (tertiary/aromatic N) is 4. The number of aromatic nitrogens is 4. The highest BCUT2D eigenvalue weighted by Gasteiger charge is 2.33. The number of nitrogens with one attached hydrogen (secondary N) is 1. The summed E-state index contributed by atoms with van der Waals surface area (Å²) in [6, 6.07) is 11.7. The molecule has 3 aromatic rings. The molecule has 0 spiro atoms. The van der Waals surface area contributed by atoms with Crippen molar-refractivity contribution in [3.8, 4) is 11.6 Å². The minimum Gasteiger partial charge on any atom is -0.474 e. The van der Waals surface area contributed by atoms with E-state index in [1.54, 1.807) is 6.20 Å². The van der Waals surface area contributed by atoms with Crippen molar-refractivity contribution in [1.82, 2.24) is 25.1 Å². The molecule has 1 amide bonds. The lowest BCUT2D eigenvalue weighted by molar-refractivity contribution is -0.128. The molecule has 1 atom stereocenters. The third-order valence-electron chi connectivity index (χ3n) is 7.84. The molecule has 9 heteroatoms.